The Labute approximate surface area is 196 Å². The molecule has 3 aromatic carbocycles. The number of ether oxygens (including phenoxy) is 1. The number of amides is 2. The molecule has 7 heteroatoms. The van der Waals surface area contributed by atoms with Crippen LogP contribution in [0, 0.1) is 5.41 Å². The molecule has 0 bridgehead atoms. The lowest BCUT2D eigenvalue weighted by Crippen LogP contribution is -2.46. The van der Waals surface area contributed by atoms with Gasteiger partial charge in [-0.1, -0.05) is 54.6 Å². The summed E-state index contributed by atoms with van der Waals surface area (Å²) in [5.74, 6) is -0.282. The number of nitrogens with one attached hydrogen (secondary N) is 1. The maximum absolute atomic E-state index is 12.2. The molecule has 0 fully saturated rings. The van der Waals surface area contributed by atoms with Gasteiger partial charge in [-0.3, -0.25) is 10.3 Å². The van der Waals surface area contributed by atoms with E-state index in [2.05, 4.69) is 91.0 Å². The average molecular weight is 464 g/mol. The molecule has 0 atom stereocenters. The summed E-state index contributed by atoms with van der Waals surface area (Å²) in [5, 5.41) is 11.4. The van der Waals surface area contributed by atoms with Crippen LogP contribution < -0.4 is 21.6 Å². The van der Waals surface area contributed by atoms with Gasteiger partial charge in [0.2, 0.25) is 0 Å². The highest BCUT2D eigenvalue weighted by atomic mass is 31.2. The molecule has 0 saturated carbocycles. The molecule has 6 nitrogen and oxygen atoms in total. The molecular weight excluding hydrogens is 431 g/mol. The molecular formula is C26H32N4O2P+. The fourth-order valence-electron chi connectivity index (χ4n) is 3.84. The summed E-state index contributed by atoms with van der Waals surface area (Å²) in [5.41, 5.74) is 5.40. The van der Waals surface area contributed by atoms with Crippen LogP contribution in [0.5, 0.6) is 0 Å². The van der Waals surface area contributed by atoms with Crippen LogP contribution >= 0.6 is 7.26 Å². The SMILES string of the molecule is CN(CCOCC[P+](c1ccccc1)(c1ccccc1)c1ccccc1)C(=O)N(C)C(=N)N. The van der Waals surface area contributed by atoms with Gasteiger partial charge in [0.05, 0.1) is 19.4 Å². The molecule has 0 aliphatic heterocycles. The van der Waals surface area contributed by atoms with Crippen LogP contribution in [0.3, 0.4) is 0 Å². The quantitative estimate of drug-likeness (QED) is 0.222. The highest BCUT2D eigenvalue weighted by Gasteiger charge is 2.44. The van der Waals surface area contributed by atoms with Gasteiger partial charge in [-0.15, -0.1) is 0 Å². The van der Waals surface area contributed by atoms with E-state index in [1.54, 1.807) is 7.05 Å². The molecule has 0 aromatic heterocycles. The Bertz CT molecular complexity index is 935. The number of carbonyl (C=O) groups excluding carboxylic acids is 1. The van der Waals surface area contributed by atoms with Gasteiger partial charge < -0.3 is 15.4 Å². The molecule has 0 heterocycles. The molecule has 33 heavy (non-hydrogen) atoms. The molecule has 0 radical (unpaired) electrons. The molecule has 3 N–H and O–H groups in total. The van der Waals surface area contributed by atoms with E-state index >= 15 is 0 Å². The zero-order chi connectivity index (χ0) is 23.7. The number of likely N-dealkylation sites (N-methyl/N-ethyl adjacent to an activating group) is 1. The van der Waals surface area contributed by atoms with Crippen molar-refractivity contribution in [3.05, 3.63) is 91.0 Å². The van der Waals surface area contributed by atoms with Crippen molar-refractivity contribution in [3.8, 4) is 0 Å². The molecule has 0 spiro atoms. The number of hydrogen-bond acceptors (Lipinski definition) is 3. The summed E-state index contributed by atoms with van der Waals surface area (Å²) < 4.78 is 6.05. The minimum atomic E-state index is -1.92. The van der Waals surface area contributed by atoms with Crippen LogP contribution in [0.25, 0.3) is 0 Å². The van der Waals surface area contributed by atoms with Crippen molar-refractivity contribution in [3.63, 3.8) is 0 Å². The third kappa shape index (κ3) is 5.78. The van der Waals surface area contributed by atoms with Crippen molar-refractivity contribution in [1.29, 1.82) is 5.41 Å². The smallest absolute Gasteiger partial charge is 0.326 e. The second-order valence-corrected chi connectivity index (χ2v) is 11.4. The Morgan fingerprint density at radius 3 is 1.64 bits per heavy atom. The van der Waals surface area contributed by atoms with Crippen LogP contribution in [0.15, 0.2) is 91.0 Å². The van der Waals surface area contributed by atoms with Gasteiger partial charge in [0.25, 0.3) is 0 Å². The minimum Gasteiger partial charge on any atom is -0.376 e. The van der Waals surface area contributed by atoms with E-state index in [9.17, 15) is 4.79 Å². The molecule has 0 saturated heterocycles. The third-order valence-electron chi connectivity index (χ3n) is 5.71. The summed E-state index contributed by atoms with van der Waals surface area (Å²) in [6.07, 6.45) is 0.857. The Kier molecular flexibility index (Phi) is 8.58. The lowest BCUT2D eigenvalue weighted by Gasteiger charge is -2.28. The number of benzene rings is 3. The molecule has 172 valence electrons. The molecule has 3 rings (SSSR count). The van der Waals surface area contributed by atoms with Crippen molar-refractivity contribution in [2.75, 3.05) is 40.0 Å². The van der Waals surface area contributed by atoms with Gasteiger partial charge >= 0.3 is 6.03 Å². The van der Waals surface area contributed by atoms with Crippen molar-refractivity contribution >= 4 is 35.2 Å². The van der Waals surface area contributed by atoms with Gasteiger partial charge in [-0.2, -0.15) is 0 Å². The number of hydrogen-bond donors (Lipinski definition) is 2. The van der Waals surface area contributed by atoms with Crippen LogP contribution in [0.4, 0.5) is 4.79 Å². The standard InChI is InChI=1S/C26H32N4O2P/c1-29(26(31)30(2)25(27)28)18-19-32-20-21-33(22-12-6-3-7-13-22,23-14-8-4-9-15-23)24-16-10-5-11-17-24/h3-17H,18-21H2,1-2H3,(H3,27,28)/q+1. The first-order valence-corrected chi connectivity index (χ1v) is 12.9. The molecule has 0 aliphatic carbocycles. The first-order valence-electron chi connectivity index (χ1n) is 10.9. The Morgan fingerprint density at radius 2 is 1.24 bits per heavy atom. The molecule has 3 aromatic rings. The molecule has 2 amide bonds. The van der Waals surface area contributed by atoms with Gasteiger partial charge in [-0.25, -0.2) is 4.79 Å². The third-order valence-corrected chi connectivity index (χ3v) is 10.1. The van der Waals surface area contributed by atoms with Crippen molar-refractivity contribution in [2.24, 2.45) is 5.73 Å². The number of nitrogens with two attached hydrogens (primary N) is 1. The van der Waals surface area contributed by atoms with E-state index in [0.717, 1.165) is 11.1 Å². The fourth-order valence-corrected chi connectivity index (χ4v) is 7.96. The second-order valence-electron chi connectivity index (χ2n) is 7.80. The minimum absolute atomic E-state index is 0.282. The van der Waals surface area contributed by atoms with Crippen LogP contribution in [-0.4, -0.2) is 61.8 Å². The number of carbonyl (C=O) groups is 1. The van der Waals surface area contributed by atoms with Crippen molar-refractivity contribution < 1.29 is 9.53 Å². The highest BCUT2D eigenvalue weighted by molar-refractivity contribution is 7.95. The maximum atomic E-state index is 12.2. The van der Waals surface area contributed by atoms with Crippen LogP contribution in [0.2, 0.25) is 0 Å². The van der Waals surface area contributed by atoms with Gasteiger partial charge in [-0.05, 0) is 36.4 Å². The predicted molar refractivity (Wildman–Crippen MR) is 139 cm³/mol. The average Bonchev–Trinajstić information content (AvgIpc) is 2.86. The first-order chi connectivity index (χ1) is 16.0. The number of nitrogens with zero attached hydrogens (tertiary/aromatic N) is 2. The van der Waals surface area contributed by atoms with E-state index in [1.807, 2.05) is 0 Å². The fraction of sp³-hybridized carbons (Fsp3) is 0.231. The number of rotatable bonds is 9. The van der Waals surface area contributed by atoms with E-state index < -0.39 is 7.26 Å². The number of urea groups is 1. The lowest BCUT2D eigenvalue weighted by atomic mass is 10.4. The first kappa shape index (κ1) is 24.4. The van der Waals surface area contributed by atoms with Gasteiger partial charge in [0, 0.05) is 20.6 Å². The predicted octanol–water partition coefficient (Wildman–Crippen LogP) is 2.87. The maximum Gasteiger partial charge on any atom is 0.326 e. The zero-order valence-corrected chi connectivity index (χ0v) is 20.1. The zero-order valence-electron chi connectivity index (χ0n) is 19.2. The largest absolute Gasteiger partial charge is 0.376 e. The summed E-state index contributed by atoms with van der Waals surface area (Å²) >= 11 is 0. The number of guanidine groups is 1. The van der Waals surface area contributed by atoms with E-state index in [4.69, 9.17) is 15.9 Å². The summed E-state index contributed by atoms with van der Waals surface area (Å²) in [7, 11) is 1.24. The van der Waals surface area contributed by atoms with Gasteiger partial charge in [0.1, 0.15) is 23.2 Å². The van der Waals surface area contributed by atoms with Gasteiger partial charge in [0.15, 0.2) is 5.96 Å². The van der Waals surface area contributed by atoms with E-state index in [-0.39, 0.29) is 12.0 Å². The summed E-state index contributed by atoms with van der Waals surface area (Å²) in [4.78, 5) is 14.9. The topological polar surface area (TPSA) is 82.7 Å². The van der Waals surface area contributed by atoms with Crippen molar-refractivity contribution in [2.45, 2.75) is 0 Å². The molecule has 0 aliphatic rings. The van der Waals surface area contributed by atoms with Crippen LogP contribution in [-0.2, 0) is 4.74 Å². The second kappa shape index (κ2) is 11.6. The van der Waals surface area contributed by atoms with Crippen molar-refractivity contribution in [1.82, 2.24) is 9.80 Å². The monoisotopic (exact) mass is 463 g/mol. The highest BCUT2D eigenvalue weighted by Crippen LogP contribution is 2.54. The van der Waals surface area contributed by atoms with E-state index in [1.165, 1.54) is 27.9 Å². The molecule has 0 unspecified atom stereocenters. The lowest BCUT2D eigenvalue weighted by molar-refractivity contribution is 0.123. The normalized spacial score (nSPS) is 11.1. The van der Waals surface area contributed by atoms with E-state index in [0.29, 0.717) is 19.8 Å². The Balaban J connectivity index is 1.79. The van der Waals surface area contributed by atoms with Crippen LogP contribution in [0.1, 0.15) is 0 Å². The Hall–Kier alpha value is -3.21. The Morgan fingerprint density at radius 1 is 0.818 bits per heavy atom. The summed E-state index contributed by atoms with van der Waals surface area (Å²) in [6, 6.07) is 31.7. The summed E-state index contributed by atoms with van der Waals surface area (Å²) in [6.45, 7) is 1.40.